The number of hydrogen-bond acceptors (Lipinski definition) is 8. The molecule has 9 nitrogen and oxygen atoms in total. The third-order valence-corrected chi connectivity index (χ3v) is 6.63. The first-order chi connectivity index (χ1) is 17.2. The van der Waals surface area contributed by atoms with Crippen LogP contribution in [0, 0.1) is 3.57 Å². The molecule has 2 aromatic carbocycles. The fourth-order valence-electron chi connectivity index (χ4n) is 3.09. The molecule has 0 atom stereocenters. The van der Waals surface area contributed by atoms with Crippen molar-refractivity contribution in [3.05, 3.63) is 55.5 Å². The number of carbonyl (C=O) groups is 4. The van der Waals surface area contributed by atoms with Crippen LogP contribution in [0.4, 0.5) is 10.5 Å². The lowest BCUT2D eigenvalue weighted by Crippen LogP contribution is -2.36. The van der Waals surface area contributed by atoms with Gasteiger partial charge in [0.1, 0.15) is 6.54 Å². The van der Waals surface area contributed by atoms with E-state index in [0.29, 0.717) is 37.9 Å². The lowest BCUT2D eigenvalue weighted by Gasteiger charge is -2.14. The summed E-state index contributed by atoms with van der Waals surface area (Å²) in [5, 5.41) is 2.38. The van der Waals surface area contributed by atoms with Crippen LogP contribution in [-0.2, 0) is 19.1 Å². The lowest BCUT2D eigenvalue weighted by molar-refractivity contribution is -0.145. The molecule has 3 amide bonds. The second-order valence-electron chi connectivity index (χ2n) is 7.15. The Kier molecular flexibility index (Phi) is 10.0. The highest BCUT2D eigenvalue weighted by Crippen LogP contribution is 2.37. The Morgan fingerprint density at radius 1 is 1.14 bits per heavy atom. The third kappa shape index (κ3) is 7.14. The van der Waals surface area contributed by atoms with Crippen molar-refractivity contribution in [2.24, 2.45) is 0 Å². The van der Waals surface area contributed by atoms with Crippen molar-refractivity contribution in [1.29, 1.82) is 0 Å². The molecule has 0 aliphatic carbocycles. The monoisotopic (exact) mass is 644 g/mol. The average Bonchev–Trinajstić information content (AvgIpc) is 3.07. The first kappa shape index (κ1) is 27.8. The molecule has 0 unspecified atom stereocenters. The van der Waals surface area contributed by atoms with Gasteiger partial charge in [-0.2, -0.15) is 0 Å². The van der Waals surface area contributed by atoms with E-state index in [1.807, 2.05) is 22.6 Å². The summed E-state index contributed by atoms with van der Waals surface area (Å²) >= 11 is 8.81. The number of ether oxygens (including phenoxy) is 3. The van der Waals surface area contributed by atoms with Gasteiger partial charge in [0.15, 0.2) is 18.1 Å². The molecule has 190 valence electrons. The van der Waals surface area contributed by atoms with Crippen LogP contribution < -0.4 is 14.8 Å². The van der Waals surface area contributed by atoms with Gasteiger partial charge in [0.25, 0.3) is 11.1 Å². The maximum absolute atomic E-state index is 12.9. The summed E-state index contributed by atoms with van der Waals surface area (Å²) in [6.07, 6.45) is 1.54. The number of carbonyl (C=O) groups excluding carboxylic acids is 4. The van der Waals surface area contributed by atoms with Gasteiger partial charge in [-0.1, -0.05) is 23.7 Å². The van der Waals surface area contributed by atoms with E-state index in [1.165, 1.54) is 6.08 Å². The molecular weight excluding hydrogens is 623 g/mol. The molecule has 1 saturated heterocycles. The van der Waals surface area contributed by atoms with Gasteiger partial charge in [0, 0.05) is 0 Å². The van der Waals surface area contributed by atoms with E-state index in [0.717, 1.165) is 16.7 Å². The van der Waals surface area contributed by atoms with E-state index < -0.39 is 29.6 Å². The van der Waals surface area contributed by atoms with Crippen LogP contribution in [0.25, 0.3) is 6.08 Å². The third-order valence-electron chi connectivity index (χ3n) is 4.59. The standard InChI is InChI=1S/C24H22ClIN2O7S/c1-3-33-18-10-14(9-16(26)22(18)35-13-21(30)34-4-2)11-19-23(31)28(24(32)36-19)12-20(29)27-17-8-6-5-7-15(17)25/h5-11H,3-4,12-13H2,1-2H3,(H,27,29)/b19-11+. The summed E-state index contributed by atoms with van der Waals surface area (Å²) in [7, 11) is 0. The van der Waals surface area contributed by atoms with E-state index >= 15 is 0 Å². The zero-order valence-corrected chi connectivity index (χ0v) is 23.1. The van der Waals surface area contributed by atoms with E-state index in [2.05, 4.69) is 5.32 Å². The molecule has 1 heterocycles. The number of esters is 1. The molecule has 1 fully saturated rings. The maximum atomic E-state index is 12.9. The first-order valence-electron chi connectivity index (χ1n) is 10.8. The van der Waals surface area contributed by atoms with Gasteiger partial charge >= 0.3 is 5.97 Å². The van der Waals surface area contributed by atoms with Crippen molar-refractivity contribution in [3.8, 4) is 11.5 Å². The molecule has 36 heavy (non-hydrogen) atoms. The summed E-state index contributed by atoms with van der Waals surface area (Å²) in [6.45, 7) is 3.36. The van der Waals surface area contributed by atoms with Crippen molar-refractivity contribution in [3.63, 3.8) is 0 Å². The van der Waals surface area contributed by atoms with E-state index in [4.69, 9.17) is 25.8 Å². The summed E-state index contributed by atoms with van der Waals surface area (Å²) in [4.78, 5) is 50.5. The van der Waals surface area contributed by atoms with Gasteiger partial charge in [0.2, 0.25) is 5.91 Å². The summed E-state index contributed by atoms with van der Waals surface area (Å²) < 4.78 is 16.8. The van der Waals surface area contributed by atoms with Crippen LogP contribution in [0.5, 0.6) is 11.5 Å². The minimum Gasteiger partial charge on any atom is -0.490 e. The predicted octanol–water partition coefficient (Wildman–Crippen LogP) is 4.96. The van der Waals surface area contributed by atoms with Gasteiger partial charge in [-0.25, -0.2) is 4.79 Å². The molecule has 1 N–H and O–H groups in total. The fourth-order valence-corrected chi connectivity index (χ4v) is 4.89. The lowest BCUT2D eigenvalue weighted by atomic mass is 10.2. The number of halogens is 2. The number of para-hydroxylation sites is 1. The minimum absolute atomic E-state index is 0.156. The smallest absolute Gasteiger partial charge is 0.344 e. The van der Waals surface area contributed by atoms with Crippen LogP contribution in [0.15, 0.2) is 41.3 Å². The maximum Gasteiger partial charge on any atom is 0.344 e. The van der Waals surface area contributed by atoms with Crippen LogP contribution >= 0.6 is 46.0 Å². The number of benzene rings is 2. The molecule has 0 radical (unpaired) electrons. The number of anilines is 1. The molecule has 0 spiro atoms. The Hall–Kier alpha value is -2.77. The highest BCUT2D eigenvalue weighted by Gasteiger charge is 2.36. The number of amides is 3. The van der Waals surface area contributed by atoms with Gasteiger partial charge in [-0.05, 0) is 84.1 Å². The first-order valence-corrected chi connectivity index (χ1v) is 13.0. The van der Waals surface area contributed by atoms with Crippen molar-refractivity contribution < 1.29 is 33.4 Å². The zero-order valence-electron chi connectivity index (χ0n) is 19.3. The minimum atomic E-state index is -0.588. The van der Waals surface area contributed by atoms with Crippen molar-refractivity contribution >= 4 is 80.7 Å². The van der Waals surface area contributed by atoms with Gasteiger partial charge < -0.3 is 19.5 Å². The molecule has 0 aromatic heterocycles. The fraction of sp³-hybridized carbons (Fsp3) is 0.250. The number of hydrogen-bond donors (Lipinski definition) is 1. The summed E-state index contributed by atoms with van der Waals surface area (Å²) in [5.74, 6) is -0.907. The van der Waals surface area contributed by atoms with Crippen molar-refractivity contribution in [2.75, 3.05) is 31.7 Å². The Bertz CT molecular complexity index is 1220. The van der Waals surface area contributed by atoms with Gasteiger partial charge in [-0.3, -0.25) is 19.3 Å². The molecule has 0 bridgehead atoms. The quantitative estimate of drug-likeness (QED) is 0.220. The Morgan fingerprint density at radius 2 is 1.89 bits per heavy atom. The average molecular weight is 645 g/mol. The largest absolute Gasteiger partial charge is 0.490 e. The Labute approximate surface area is 230 Å². The Balaban J connectivity index is 1.76. The van der Waals surface area contributed by atoms with Crippen LogP contribution in [0.3, 0.4) is 0 Å². The van der Waals surface area contributed by atoms with E-state index in [9.17, 15) is 19.2 Å². The van der Waals surface area contributed by atoms with Crippen molar-refractivity contribution in [2.45, 2.75) is 13.8 Å². The number of nitrogens with zero attached hydrogens (tertiary/aromatic N) is 1. The SMILES string of the molecule is CCOC(=O)COc1c(I)cc(/C=C2/SC(=O)N(CC(=O)Nc3ccccc3Cl)C2=O)cc1OCC. The molecule has 2 aromatic rings. The number of imide groups is 1. The van der Waals surface area contributed by atoms with E-state index in [-0.39, 0.29) is 18.1 Å². The molecule has 12 heteroatoms. The van der Waals surface area contributed by atoms with Crippen LogP contribution in [0.1, 0.15) is 19.4 Å². The highest BCUT2D eigenvalue weighted by atomic mass is 127. The molecule has 0 saturated carbocycles. The summed E-state index contributed by atoms with van der Waals surface area (Å²) in [6, 6.07) is 10.0. The summed E-state index contributed by atoms with van der Waals surface area (Å²) in [5.41, 5.74) is 0.965. The van der Waals surface area contributed by atoms with Gasteiger partial charge in [0.05, 0.1) is 32.4 Å². The number of nitrogens with one attached hydrogen (secondary N) is 1. The van der Waals surface area contributed by atoms with Crippen LogP contribution in [0.2, 0.25) is 5.02 Å². The van der Waals surface area contributed by atoms with Gasteiger partial charge in [-0.15, -0.1) is 0 Å². The zero-order chi connectivity index (χ0) is 26.2. The number of rotatable bonds is 10. The molecule has 1 aliphatic heterocycles. The molecular formula is C24H22ClIN2O7S. The topological polar surface area (TPSA) is 111 Å². The van der Waals surface area contributed by atoms with Crippen LogP contribution in [-0.4, -0.2) is 54.3 Å². The normalized spacial score (nSPS) is 14.2. The second kappa shape index (κ2) is 13.0. The highest BCUT2D eigenvalue weighted by molar-refractivity contribution is 14.1. The molecule has 1 aliphatic rings. The van der Waals surface area contributed by atoms with Crippen molar-refractivity contribution in [1.82, 2.24) is 4.90 Å². The number of thioether (sulfide) groups is 1. The Morgan fingerprint density at radius 3 is 2.58 bits per heavy atom. The second-order valence-corrected chi connectivity index (χ2v) is 9.72. The van der Waals surface area contributed by atoms with E-state index in [1.54, 1.807) is 50.2 Å². The predicted molar refractivity (Wildman–Crippen MR) is 145 cm³/mol. The molecule has 3 rings (SSSR count).